The summed E-state index contributed by atoms with van der Waals surface area (Å²) in [6, 6.07) is 0. The van der Waals surface area contributed by atoms with Crippen LogP contribution in [0.5, 0.6) is 0 Å². The number of rotatable bonds is 7. The summed E-state index contributed by atoms with van der Waals surface area (Å²) >= 11 is 0. The van der Waals surface area contributed by atoms with E-state index in [-0.39, 0.29) is 118 Å². The molecule has 0 aromatic heterocycles. The molecule has 0 aliphatic carbocycles. The van der Waals surface area contributed by atoms with Gasteiger partial charge in [-0.25, -0.2) is 0 Å². The number of aliphatic hydroxyl groups is 1. The van der Waals surface area contributed by atoms with Crippen molar-refractivity contribution in [1.82, 2.24) is 0 Å². The topological polar surface area (TPSA) is 199 Å². The van der Waals surface area contributed by atoms with E-state index in [9.17, 15) is 37.8 Å². The molecule has 0 aliphatic heterocycles. The van der Waals surface area contributed by atoms with E-state index in [1.807, 2.05) is 0 Å². The van der Waals surface area contributed by atoms with Crippen molar-refractivity contribution < 1.29 is 170 Å². The molecular formula is C5H12Na4O11P4+4. The van der Waals surface area contributed by atoms with Crippen LogP contribution >= 0.6 is 33.0 Å². The molecule has 0 radical (unpaired) electrons. The van der Waals surface area contributed by atoms with Gasteiger partial charge in [0.1, 0.15) is 8.62 Å². The molecule has 0 aromatic rings. The van der Waals surface area contributed by atoms with Gasteiger partial charge in [0.05, 0.1) is 0 Å². The summed E-state index contributed by atoms with van der Waals surface area (Å²) in [6.07, 6.45) is 3.33. The molecule has 0 aromatic carbocycles. The molecule has 0 bridgehead atoms. The molecule has 118 valence electrons. The number of aliphatic hydroxyl groups excluding tert-OH is 1. The molecule has 0 saturated carbocycles. The first-order valence-corrected chi connectivity index (χ1v) is 9.10. The van der Waals surface area contributed by atoms with Crippen LogP contribution in [0.15, 0.2) is 0 Å². The fourth-order valence-electron chi connectivity index (χ4n) is 0.471. The van der Waals surface area contributed by atoms with Gasteiger partial charge in [0.15, 0.2) is 0 Å². The smallest absolute Gasteiger partial charge is 0.563 e. The maximum absolute atomic E-state index is 9.24. The van der Waals surface area contributed by atoms with Gasteiger partial charge in [0.25, 0.3) is 0 Å². The molecule has 0 saturated heterocycles. The first-order chi connectivity index (χ1) is 9.17. The summed E-state index contributed by atoms with van der Waals surface area (Å²) < 4.78 is 43.3. The van der Waals surface area contributed by atoms with Crippen LogP contribution < -0.4 is 138 Å². The van der Waals surface area contributed by atoms with Crippen LogP contribution in [0, 0.1) is 0 Å². The summed E-state index contributed by atoms with van der Waals surface area (Å²) in [5.74, 6) is 0. The van der Waals surface area contributed by atoms with Gasteiger partial charge in [-0.2, -0.15) is 0 Å². The Hall–Kier alpha value is 4.12. The van der Waals surface area contributed by atoms with Crippen molar-refractivity contribution in [3.05, 3.63) is 0 Å². The molecule has 0 rings (SSSR count). The minimum atomic E-state index is -3.24. The van der Waals surface area contributed by atoms with Gasteiger partial charge in [0, 0.05) is 6.61 Å². The van der Waals surface area contributed by atoms with Crippen molar-refractivity contribution in [2.75, 3.05) is 6.61 Å². The first kappa shape index (κ1) is 46.4. The molecule has 0 aliphatic rings. The molecule has 19 heteroatoms. The molecule has 0 heterocycles. The van der Waals surface area contributed by atoms with Crippen molar-refractivity contribution >= 4 is 33.0 Å². The van der Waals surface area contributed by atoms with Gasteiger partial charge >= 0.3 is 151 Å². The molecule has 11 nitrogen and oxygen atoms in total. The van der Waals surface area contributed by atoms with Crippen LogP contribution in [0.3, 0.4) is 0 Å². The van der Waals surface area contributed by atoms with Crippen molar-refractivity contribution in [1.29, 1.82) is 0 Å². The molecule has 0 fully saturated rings. The van der Waals surface area contributed by atoms with Crippen LogP contribution in [0.4, 0.5) is 0 Å². The van der Waals surface area contributed by atoms with Crippen LogP contribution in [0.25, 0.3) is 0 Å². The van der Waals surface area contributed by atoms with E-state index in [1.54, 1.807) is 0 Å². The molecular weight excluding hydrogens is 452 g/mol. The Labute approximate surface area is 232 Å². The maximum Gasteiger partial charge on any atom is 1.00 e. The SMILES string of the molecule is CCCCCO.O=[P+]([O-])O[P+](=O)[O-].O=[P+]([O-])O[P+](=O)[O-].[Na+].[Na+].[Na+].[Na+]. The largest absolute Gasteiger partial charge is 1.00 e. The number of hydrogen-bond donors (Lipinski definition) is 1. The maximum atomic E-state index is 9.24. The van der Waals surface area contributed by atoms with E-state index >= 15 is 0 Å². The van der Waals surface area contributed by atoms with Crippen LogP contribution in [-0.4, -0.2) is 11.7 Å². The van der Waals surface area contributed by atoms with E-state index in [1.165, 1.54) is 6.42 Å². The summed E-state index contributed by atoms with van der Waals surface area (Å²) in [7, 11) is -12.9. The van der Waals surface area contributed by atoms with Crippen LogP contribution in [0.2, 0.25) is 0 Å². The van der Waals surface area contributed by atoms with E-state index in [0.717, 1.165) is 12.8 Å². The van der Waals surface area contributed by atoms with E-state index in [0.29, 0.717) is 6.61 Å². The summed E-state index contributed by atoms with van der Waals surface area (Å²) in [6.45, 7) is 2.48. The molecule has 0 spiro atoms. The van der Waals surface area contributed by atoms with E-state index in [4.69, 9.17) is 5.11 Å². The standard InChI is InChI=1S/C5H12O.4Na.2O5P2/c1-2-3-4-5-6;;;;;2*1-6(2)5-7(3)4/h6H,2-5H2,1H3;;;;;;/q;4*+1;;. The quantitative estimate of drug-likeness (QED) is 0.213. The molecule has 0 amide bonds. The summed E-state index contributed by atoms with van der Waals surface area (Å²) in [5.41, 5.74) is 0. The third kappa shape index (κ3) is 72.1. The van der Waals surface area contributed by atoms with Gasteiger partial charge in [-0.3, -0.25) is 0 Å². The Morgan fingerprint density at radius 1 is 0.708 bits per heavy atom. The van der Waals surface area contributed by atoms with E-state index in [2.05, 4.69) is 15.5 Å². The Morgan fingerprint density at radius 2 is 0.958 bits per heavy atom. The third-order valence-corrected chi connectivity index (χ3v) is 3.16. The van der Waals surface area contributed by atoms with Crippen LogP contribution in [-0.2, 0) is 26.9 Å². The Balaban J connectivity index is -0.0000000334. The number of unbranched alkanes of at least 4 members (excludes halogenated alkanes) is 2. The number of hydrogen-bond acceptors (Lipinski definition) is 11. The third-order valence-electron chi connectivity index (χ3n) is 1.03. The van der Waals surface area contributed by atoms with Crippen molar-refractivity contribution in [3.63, 3.8) is 0 Å². The molecule has 4 atom stereocenters. The van der Waals surface area contributed by atoms with Gasteiger partial charge in [-0.05, 0) is 24.7 Å². The van der Waals surface area contributed by atoms with Crippen molar-refractivity contribution in [2.45, 2.75) is 26.2 Å². The minimum Gasteiger partial charge on any atom is -0.563 e. The fraction of sp³-hybridized carbons (Fsp3) is 1.00. The van der Waals surface area contributed by atoms with Crippen molar-refractivity contribution in [2.24, 2.45) is 0 Å². The van der Waals surface area contributed by atoms with Crippen LogP contribution in [0.1, 0.15) is 26.2 Å². The van der Waals surface area contributed by atoms with Crippen molar-refractivity contribution in [3.8, 4) is 0 Å². The van der Waals surface area contributed by atoms with Gasteiger partial charge < -0.3 is 24.7 Å². The Kier molecular flexibility index (Phi) is 73.1. The molecule has 4 unspecified atom stereocenters. The monoisotopic (exact) mass is 464 g/mol. The average Bonchev–Trinajstić information content (AvgIpc) is 2.24. The predicted octanol–water partition coefficient (Wildman–Crippen LogP) is -12.7. The first-order valence-electron chi connectivity index (χ1n) is 4.71. The second-order valence-corrected chi connectivity index (χ2v) is 5.58. The van der Waals surface area contributed by atoms with Gasteiger partial charge in [-0.15, -0.1) is 0 Å². The van der Waals surface area contributed by atoms with E-state index < -0.39 is 33.0 Å². The zero-order chi connectivity index (χ0) is 16.6. The second-order valence-electron chi connectivity index (χ2n) is 2.49. The fourth-order valence-corrected chi connectivity index (χ4v) is 1.34. The summed E-state index contributed by atoms with van der Waals surface area (Å²) in [4.78, 5) is 37.0. The Bertz CT molecular complexity index is 269. The second kappa shape index (κ2) is 37.8. The normalized spacial score (nSPS) is 10.1. The molecule has 1 N–H and O–H groups in total. The Morgan fingerprint density at radius 3 is 1.00 bits per heavy atom. The zero-order valence-electron chi connectivity index (χ0n) is 14.1. The zero-order valence-corrected chi connectivity index (χ0v) is 25.7. The minimum absolute atomic E-state index is 0. The van der Waals surface area contributed by atoms with Gasteiger partial charge in [0.2, 0.25) is 0 Å². The predicted molar refractivity (Wildman–Crippen MR) is 59.2 cm³/mol. The summed E-state index contributed by atoms with van der Waals surface area (Å²) in [5, 5.41) is 8.20. The molecule has 24 heavy (non-hydrogen) atoms. The average molecular weight is 464 g/mol. The van der Waals surface area contributed by atoms with Gasteiger partial charge in [-0.1, -0.05) is 19.8 Å².